The van der Waals surface area contributed by atoms with Gasteiger partial charge in [-0.1, -0.05) is 13.3 Å². The van der Waals surface area contributed by atoms with Crippen LogP contribution in [0.25, 0.3) is 0 Å². The molecule has 1 fully saturated rings. The van der Waals surface area contributed by atoms with Crippen molar-refractivity contribution in [3.05, 3.63) is 10.6 Å². The van der Waals surface area contributed by atoms with Crippen LogP contribution in [-0.4, -0.2) is 51.5 Å². The van der Waals surface area contributed by atoms with Crippen molar-refractivity contribution in [1.29, 1.82) is 0 Å². The van der Waals surface area contributed by atoms with Crippen LogP contribution in [0, 0.1) is 0 Å². The maximum absolute atomic E-state index is 5.45. The van der Waals surface area contributed by atoms with E-state index in [1.54, 1.807) is 14.2 Å². The van der Waals surface area contributed by atoms with Crippen LogP contribution in [0.2, 0.25) is 0 Å². The molecule has 1 atom stereocenters. The normalized spacial score (nSPS) is 18.6. The minimum Gasteiger partial charge on any atom is -0.383 e. The summed E-state index contributed by atoms with van der Waals surface area (Å²) in [6, 6.07) is 0. The van der Waals surface area contributed by atoms with Gasteiger partial charge < -0.3 is 19.7 Å². The average Bonchev–Trinajstić information content (AvgIpc) is 3.11. The Labute approximate surface area is 131 Å². The fourth-order valence-electron chi connectivity index (χ4n) is 2.55. The van der Waals surface area contributed by atoms with Crippen molar-refractivity contribution in [3.8, 4) is 0 Å². The first-order valence-electron chi connectivity index (χ1n) is 7.74. The summed E-state index contributed by atoms with van der Waals surface area (Å²) < 4.78 is 10.5. The molecule has 1 unspecified atom stereocenters. The molecular weight excluding hydrogens is 286 g/mol. The van der Waals surface area contributed by atoms with Gasteiger partial charge in [0.05, 0.1) is 18.4 Å². The van der Waals surface area contributed by atoms with Crippen molar-refractivity contribution in [2.45, 2.75) is 38.8 Å². The molecule has 0 spiro atoms. The van der Waals surface area contributed by atoms with Crippen LogP contribution >= 0.6 is 11.3 Å². The zero-order chi connectivity index (χ0) is 15.1. The molecule has 2 rings (SSSR count). The predicted octanol–water partition coefficient (Wildman–Crippen LogP) is 2.06. The second kappa shape index (κ2) is 8.68. The van der Waals surface area contributed by atoms with Crippen LogP contribution in [0.4, 0.5) is 5.13 Å². The number of hydrogen-bond acceptors (Lipinski definition) is 6. The van der Waals surface area contributed by atoms with Gasteiger partial charge in [-0.15, -0.1) is 11.3 Å². The molecule has 1 aliphatic rings. The summed E-state index contributed by atoms with van der Waals surface area (Å²) in [5.41, 5.74) is 1.25. The lowest BCUT2D eigenvalue weighted by Gasteiger charge is -2.13. The molecule has 6 heteroatoms. The van der Waals surface area contributed by atoms with E-state index in [0.29, 0.717) is 6.10 Å². The van der Waals surface area contributed by atoms with Crippen LogP contribution in [-0.2, 0) is 22.4 Å². The number of thiazole rings is 1. The first kappa shape index (κ1) is 16.7. The van der Waals surface area contributed by atoms with Gasteiger partial charge in [-0.3, -0.25) is 0 Å². The van der Waals surface area contributed by atoms with E-state index in [4.69, 9.17) is 14.5 Å². The molecular formula is C15H27N3O2S. The monoisotopic (exact) mass is 313 g/mol. The molecule has 1 aliphatic heterocycles. The number of aryl methyl sites for hydroxylation is 1. The molecule has 21 heavy (non-hydrogen) atoms. The Bertz CT molecular complexity index is 425. The predicted molar refractivity (Wildman–Crippen MR) is 87.3 cm³/mol. The minimum absolute atomic E-state index is 0.354. The van der Waals surface area contributed by atoms with Crippen LogP contribution < -0.4 is 10.2 Å². The quantitative estimate of drug-likeness (QED) is 0.707. The van der Waals surface area contributed by atoms with Crippen molar-refractivity contribution in [3.63, 3.8) is 0 Å². The zero-order valence-corrected chi connectivity index (χ0v) is 14.2. The van der Waals surface area contributed by atoms with E-state index >= 15 is 0 Å². The van der Waals surface area contributed by atoms with E-state index in [9.17, 15) is 0 Å². The van der Waals surface area contributed by atoms with E-state index in [0.717, 1.165) is 57.2 Å². The largest absolute Gasteiger partial charge is 0.383 e. The van der Waals surface area contributed by atoms with Crippen LogP contribution in [0.15, 0.2) is 0 Å². The smallest absolute Gasteiger partial charge is 0.185 e. The molecule has 0 amide bonds. The van der Waals surface area contributed by atoms with Crippen LogP contribution in [0.1, 0.15) is 30.3 Å². The Hall–Kier alpha value is -0.690. The van der Waals surface area contributed by atoms with E-state index in [-0.39, 0.29) is 0 Å². The van der Waals surface area contributed by atoms with Gasteiger partial charge in [0.1, 0.15) is 0 Å². The van der Waals surface area contributed by atoms with Gasteiger partial charge in [0, 0.05) is 45.3 Å². The molecule has 0 aromatic carbocycles. The summed E-state index contributed by atoms with van der Waals surface area (Å²) in [7, 11) is 3.53. The van der Waals surface area contributed by atoms with E-state index < -0.39 is 0 Å². The summed E-state index contributed by atoms with van der Waals surface area (Å²) in [5.74, 6) is 0. The van der Waals surface area contributed by atoms with Crippen molar-refractivity contribution < 1.29 is 9.47 Å². The fourth-order valence-corrected chi connectivity index (χ4v) is 3.66. The Balaban J connectivity index is 1.98. The molecule has 0 radical (unpaired) electrons. The number of ether oxygens (including phenoxy) is 2. The SMILES string of the molecule is CCCc1nc(N2CCC(OC)C2)sc1CNCCOC. The van der Waals surface area contributed by atoms with E-state index in [1.165, 1.54) is 10.6 Å². The number of methoxy groups -OCH3 is 2. The maximum Gasteiger partial charge on any atom is 0.185 e. The number of rotatable bonds is 9. The third-order valence-corrected chi connectivity index (χ3v) is 4.93. The van der Waals surface area contributed by atoms with Gasteiger partial charge >= 0.3 is 0 Å². The molecule has 5 nitrogen and oxygen atoms in total. The first-order valence-corrected chi connectivity index (χ1v) is 8.56. The van der Waals surface area contributed by atoms with E-state index in [1.807, 2.05) is 11.3 Å². The molecule has 0 aliphatic carbocycles. The van der Waals surface area contributed by atoms with Gasteiger partial charge in [0.15, 0.2) is 5.13 Å². The Morgan fingerprint density at radius 1 is 1.43 bits per heavy atom. The third-order valence-electron chi connectivity index (χ3n) is 3.77. The molecule has 0 bridgehead atoms. The Morgan fingerprint density at radius 2 is 2.29 bits per heavy atom. The summed E-state index contributed by atoms with van der Waals surface area (Å²) >= 11 is 1.82. The lowest BCUT2D eigenvalue weighted by molar-refractivity contribution is 0.121. The Morgan fingerprint density at radius 3 is 2.95 bits per heavy atom. The van der Waals surface area contributed by atoms with Crippen molar-refractivity contribution in [2.24, 2.45) is 0 Å². The summed E-state index contributed by atoms with van der Waals surface area (Å²) in [4.78, 5) is 8.59. The molecule has 1 aromatic rings. The van der Waals surface area contributed by atoms with Crippen LogP contribution in [0.5, 0.6) is 0 Å². The number of nitrogens with zero attached hydrogens (tertiary/aromatic N) is 2. The van der Waals surface area contributed by atoms with E-state index in [2.05, 4.69) is 17.1 Å². The topological polar surface area (TPSA) is 46.6 Å². The van der Waals surface area contributed by atoms with Gasteiger partial charge in [-0.2, -0.15) is 0 Å². The molecule has 0 saturated carbocycles. The number of anilines is 1. The average molecular weight is 313 g/mol. The van der Waals surface area contributed by atoms with Crippen molar-refractivity contribution in [1.82, 2.24) is 10.3 Å². The molecule has 120 valence electrons. The summed E-state index contributed by atoms with van der Waals surface area (Å²) in [5, 5.41) is 4.58. The standard InChI is InChI=1S/C15H27N3O2S/c1-4-5-13-14(10-16-7-9-19-2)21-15(17-13)18-8-6-12(11-18)20-3/h12,16H,4-11H2,1-3H3. The van der Waals surface area contributed by atoms with Gasteiger partial charge in [-0.25, -0.2) is 4.98 Å². The molecule has 2 heterocycles. The first-order chi connectivity index (χ1) is 10.3. The highest BCUT2D eigenvalue weighted by Crippen LogP contribution is 2.30. The summed E-state index contributed by atoms with van der Waals surface area (Å²) in [6.45, 7) is 6.73. The van der Waals surface area contributed by atoms with Crippen molar-refractivity contribution in [2.75, 3.05) is 45.4 Å². The second-order valence-electron chi connectivity index (χ2n) is 5.38. The lowest BCUT2D eigenvalue weighted by atomic mass is 10.2. The highest BCUT2D eigenvalue weighted by Gasteiger charge is 2.25. The second-order valence-corrected chi connectivity index (χ2v) is 6.44. The van der Waals surface area contributed by atoms with Crippen LogP contribution in [0.3, 0.4) is 0 Å². The maximum atomic E-state index is 5.45. The highest BCUT2D eigenvalue weighted by molar-refractivity contribution is 7.15. The summed E-state index contributed by atoms with van der Waals surface area (Å²) in [6.07, 6.45) is 3.64. The van der Waals surface area contributed by atoms with Gasteiger partial charge in [0.25, 0.3) is 0 Å². The molecule has 1 N–H and O–H groups in total. The number of aromatic nitrogens is 1. The highest BCUT2D eigenvalue weighted by atomic mass is 32.1. The number of nitrogens with one attached hydrogen (secondary N) is 1. The Kier molecular flexibility index (Phi) is 6.89. The van der Waals surface area contributed by atoms with Gasteiger partial charge in [-0.05, 0) is 12.8 Å². The minimum atomic E-state index is 0.354. The molecule has 1 saturated heterocycles. The number of hydrogen-bond donors (Lipinski definition) is 1. The third kappa shape index (κ3) is 4.64. The van der Waals surface area contributed by atoms with Crippen molar-refractivity contribution >= 4 is 16.5 Å². The molecule has 1 aromatic heterocycles. The zero-order valence-electron chi connectivity index (χ0n) is 13.4. The van der Waals surface area contributed by atoms with Gasteiger partial charge in [0.2, 0.25) is 0 Å². The fraction of sp³-hybridized carbons (Fsp3) is 0.800. The lowest BCUT2D eigenvalue weighted by Crippen LogP contribution is -2.21.